The van der Waals surface area contributed by atoms with E-state index in [1.54, 1.807) is 49.5 Å². The van der Waals surface area contributed by atoms with Gasteiger partial charge in [0.05, 0.1) is 0 Å². The van der Waals surface area contributed by atoms with Crippen molar-refractivity contribution in [3.05, 3.63) is 77.9 Å². The number of guanidine groups is 1. The van der Waals surface area contributed by atoms with E-state index in [4.69, 9.17) is 10.5 Å². The summed E-state index contributed by atoms with van der Waals surface area (Å²) < 4.78 is 20.3. The summed E-state index contributed by atoms with van der Waals surface area (Å²) in [5, 5.41) is 0. The van der Waals surface area contributed by atoms with Crippen molar-refractivity contribution >= 4 is 11.9 Å². The molecule has 3 aromatic rings. The van der Waals surface area contributed by atoms with Gasteiger partial charge in [-0.15, -0.1) is 0 Å². The molecule has 0 radical (unpaired) electrons. The maximum Gasteiger partial charge on any atom is 0.266 e. The standard InChI is InChI=1S/C21H15FN4O2/c1-26-19(27)21(25-20(26)23)14-6-2-3-7-16(14)28-17-9-8-12(11-15(17)21)13-5-4-10-24-18(13)22/h2-11H,1H3,(H2,23,25). The Morgan fingerprint density at radius 1 is 1.07 bits per heavy atom. The molecule has 2 aliphatic rings. The van der Waals surface area contributed by atoms with Crippen LogP contribution in [0.2, 0.25) is 0 Å². The Kier molecular flexibility index (Phi) is 3.30. The van der Waals surface area contributed by atoms with Gasteiger partial charge in [0.25, 0.3) is 5.91 Å². The topological polar surface area (TPSA) is 80.8 Å². The first-order valence-corrected chi connectivity index (χ1v) is 8.68. The molecule has 138 valence electrons. The van der Waals surface area contributed by atoms with Gasteiger partial charge in [-0.25, -0.2) is 9.98 Å². The van der Waals surface area contributed by atoms with Crippen LogP contribution >= 0.6 is 0 Å². The molecule has 1 spiro atoms. The highest BCUT2D eigenvalue weighted by Crippen LogP contribution is 2.52. The molecule has 7 heteroatoms. The number of carbonyl (C=O) groups is 1. The highest BCUT2D eigenvalue weighted by Gasteiger charge is 2.54. The molecular weight excluding hydrogens is 359 g/mol. The number of pyridine rings is 1. The number of fused-ring (bicyclic) bond motifs is 4. The second-order valence-electron chi connectivity index (χ2n) is 6.70. The fraction of sp³-hybridized carbons (Fsp3) is 0.0952. The van der Waals surface area contributed by atoms with Crippen LogP contribution in [0.1, 0.15) is 11.1 Å². The fourth-order valence-corrected chi connectivity index (χ4v) is 3.78. The molecule has 28 heavy (non-hydrogen) atoms. The predicted octanol–water partition coefficient (Wildman–Crippen LogP) is 3.02. The first-order chi connectivity index (χ1) is 13.5. The molecule has 1 atom stereocenters. The number of aromatic nitrogens is 1. The third-order valence-corrected chi connectivity index (χ3v) is 5.18. The molecule has 0 aliphatic carbocycles. The van der Waals surface area contributed by atoms with E-state index >= 15 is 0 Å². The van der Waals surface area contributed by atoms with Gasteiger partial charge in [-0.1, -0.05) is 24.3 Å². The number of aliphatic imine (C=N–C) groups is 1. The smallest absolute Gasteiger partial charge is 0.266 e. The summed E-state index contributed by atoms with van der Waals surface area (Å²) in [6.45, 7) is 0. The quantitative estimate of drug-likeness (QED) is 0.664. The first-order valence-electron chi connectivity index (χ1n) is 8.68. The molecule has 1 amide bonds. The van der Waals surface area contributed by atoms with Gasteiger partial charge < -0.3 is 10.5 Å². The summed E-state index contributed by atoms with van der Waals surface area (Å²) in [5.41, 5.74) is 6.66. The van der Waals surface area contributed by atoms with E-state index in [0.29, 0.717) is 33.8 Å². The van der Waals surface area contributed by atoms with Crippen LogP contribution < -0.4 is 10.5 Å². The molecule has 2 aliphatic heterocycles. The van der Waals surface area contributed by atoms with E-state index in [1.165, 1.54) is 11.1 Å². The largest absolute Gasteiger partial charge is 0.457 e. The third-order valence-electron chi connectivity index (χ3n) is 5.18. The average Bonchev–Trinajstić information content (AvgIpc) is 2.93. The van der Waals surface area contributed by atoms with Crippen molar-refractivity contribution in [2.45, 2.75) is 5.54 Å². The third kappa shape index (κ3) is 2.04. The Morgan fingerprint density at radius 2 is 1.86 bits per heavy atom. The number of halogens is 1. The SMILES string of the molecule is CN1C(=O)C2(N=C1N)c1ccccc1Oc1ccc(-c3cccnc3F)cc12. The van der Waals surface area contributed by atoms with Crippen LogP contribution in [-0.4, -0.2) is 28.8 Å². The van der Waals surface area contributed by atoms with E-state index < -0.39 is 11.5 Å². The Balaban J connectivity index is 1.81. The lowest BCUT2D eigenvalue weighted by Crippen LogP contribution is -2.42. The first kappa shape index (κ1) is 16.4. The van der Waals surface area contributed by atoms with Crippen molar-refractivity contribution in [3.63, 3.8) is 0 Å². The number of rotatable bonds is 1. The van der Waals surface area contributed by atoms with Crippen LogP contribution in [0.15, 0.2) is 65.8 Å². The molecule has 6 nitrogen and oxygen atoms in total. The molecule has 1 unspecified atom stereocenters. The van der Waals surface area contributed by atoms with Gasteiger partial charge in [0, 0.05) is 29.9 Å². The molecule has 0 saturated carbocycles. The zero-order chi connectivity index (χ0) is 19.5. The van der Waals surface area contributed by atoms with Crippen molar-refractivity contribution in [1.29, 1.82) is 0 Å². The minimum Gasteiger partial charge on any atom is -0.457 e. The summed E-state index contributed by atoms with van der Waals surface area (Å²) in [7, 11) is 1.58. The molecule has 2 N–H and O–H groups in total. The van der Waals surface area contributed by atoms with Crippen LogP contribution in [0.3, 0.4) is 0 Å². The van der Waals surface area contributed by atoms with Crippen LogP contribution in [0.25, 0.3) is 11.1 Å². The maximum atomic E-state index is 14.3. The van der Waals surface area contributed by atoms with Gasteiger partial charge in [-0.2, -0.15) is 4.39 Å². The molecular formula is C21H15FN4O2. The van der Waals surface area contributed by atoms with E-state index in [9.17, 15) is 9.18 Å². The summed E-state index contributed by atoms with van der Waals surface area (Å²) in [6, 6.07) is 15.7. The zero-order valence-electron chi connectivity index (χ0n) is 14.9. The lowest BCUT2D eigenvalue weighted by Gasteiger charge is -2.33. The molecule has 2 aromatic carbocycles. The fourth-order valence-electron chi connectivity index (χ4n) is 3.78. The van der Waals surface area contributed by atoms with Crippen molar-refractivity contribution in [1.82, 2.24) is 9.88 Å². The Hall–Kier alpha value is -3.74. The molecule has 5 rings (SSSR count). The average molecular weight is 374 g/mol. The summed E-state index contributed by atoms with van der Waals surface area (Å²) >= 11 is 0. The van der Waals surface area contributed by atoms with Crippen molar-refractivity contribution < 1.29 is 13.9 Å². The number of benzene rings is 2. The van der Waals surface area contributed by atoms with Crippen molar-refractivity contribution in [2.24, 2.45) is 10.7 Å². The van der Waals surface area contributed by atoms with E-state index in [0.717, 1.165) is 0 Å². The Morgan fingerprint density at radius 3 is 2.61 bits per heavy atom. The number of nitrogens with two attached hydrogens (primary N) is 1. The number of hydrogen-bond donors (Lipinski definition) is 1. The predicted molar refractivity (Wildman–Crippen MR) is 101 cm³/mol. The number of hydrogen-bond acceptors (Lipinski definition) is 5. The van der Waals surface area contributed by atoms with Gasteiger partial charge in [0.2, 0.25) is 11.5 Å². The number of likely N-dealkylation sites (N-methyl/N-ethyl adjacent to an activating group) is 1. The molecule has 0 fully saturated rings. The molecule has 0 bridgehead atoms. The lowest BCUT2D eigenvalue weighted by molar-refractivity contribution is -0.129. The van der Waals surface area contributed by atoms with Crippen molar-refractivity contribution in [3.8, 4) is 22.6 Å². The van der Waals surface area contributed by atoms with Crippen LogP contribution in [0, 0.1) is 5.95 Å². The number of nitrogens with zero attached hydrogens (tertiary/aromatic N) is 3. The minimum absolute atomic E-state index is 0.116. The van der Waals surface area contributed by atoms with E-state index in [-0.39, 0.29) is 11.9 Å². The van der Waals surface area contributed by atoms with Gasteiger partial charge in [0.15, 0.2) is 5.96 Å². The van der Waals surface area contributed by atoms with Crippen LogP contribution in [0.5, 0.6) is 11.5 Å². The van der Waals surface area contributed by atoms with Gasteiger partial charge in [-0.05, 0) is 35.9 Å². The maximum absolute atomic E-state index is 14.3. The highest BCUT2D eigenvalue weighted by molar-refractivity contribution is 6.10. The summed E-state index contributed by atoms with van der Waals surface area (Å²) in [6.07, 6.45) is 1.39. The van der Waals surface area contributed by atoms with Gasteiger partial charge in [0.1, 0.15) is 11.5 Å². The monoisotopic (exact) mass is 374 g/mol. The normalized spacial score (nSPS) is 19.9. The molecule has 3 heterocycles. The minimum atomic E-state index is -1.36. The number of amides is 1. The second kappa shape index (κ2) is 5.63. The Bertz CT molecular complexity index is 1180. The highest BCUT2D eigenvalue weighted by atomic mass is 19.1. The summed E-state index contributed by atoms with van der Waals surface area (Å²) in [4.78, 5) is 22.9. The lowest BCUT2D eigenvalue weighted by atomic mass is 9.79. The zero-order valence-corrected chi connectivity index (χ0v) is 14.9. The van der Waals surface area contributed by atoms with Crippen molar-refractivity contribution in [2.75, 3.05) is 7.05 Å². The second-order valence-corrected chi connectivity index (χ2v) is 6.70. The Labute approximate surface area is 160 Å². The number of carbonyl (C=O) groups excluding carboxylic acids is 1. The van der Waals surface area contributed by atoms with Gasteiger partial charge in [-0.3, -0.25) is 9.69 Å². The molecule has 1 aromatic heterocycles. The van der Waals surface area contributed by atoms with E-state index in [2.05, 4.69) is 9.98 Å². The summed E-state index contributed by atoms with van der Waals surface area (Å²) in [5.74, 6) is 0.255. The van der Waals surface area contributed by atoms with E-state index in [1.807, 2.05) is 12.1 Å². The number of ether oxygens (including phenoxy) is 1. The van der Waals surface area contributed by atoms with Crippen LogP contribution in [-0.2, 0) is 10.3 Å². The number of para-hydroxylation sites is 1. The molecule has 0 saturated heterocycles. The van der Waals surface area contributed by atoms with Gasteiger partial charge >= 0.3 is 0 Å². The van der Waals surface area contributed by atoms with Crippen LogP contribution in [0.4, 0.5) is 4.39 Å².